The van der Waals surface area contributed by atoms with Crippen molar-refractivity contribution in [3.63, 3.8) is 0 Å². The molecule has 0 aliphatic rings. The topological polar surface area (TPSA) is 54.4 Å². The van der Waals surface area contributed by atoms with Gasteiger partial charge in [-0.05, 0) is 53.5 Å². The molecule has 0 atom stereocenters. The van der Waals surface area contributed by atoms with Crippen LogP contribution in [0.25, 0.3) is 11.1 Å². The van der Waals surface area contributed by atoms with E-state index in [2.05, 4.69) is 0 Å². The number of allylic oxidation sites excluding steroid dienone is 1. The number of aliphatic hydroxyl groups is 1. The van der Waals surface area contributed by atoms with Gasteiger partial charge in [0.2, 0.25) is 0 Å². The van der Waals surface area contributed by atoms with Crippen LogP contribution in [0.3, 0.4) is 0 Å². The van der Waals surface area contributed by atoms with E-state index in [9.17, 15) is 22.3 Å². The van der Waals surface area contributed by atoms with Crippen LogP contribution in [0.5, 0.6) is 0 Å². The second kappa shape index (κ2) is 6.60. The molecule has 1 N–H and O–H groups in total. The van der Waals surface area contributed by atoms with Gasteiger partial charge >= 0.3 is 0 Å². The van der Waals surface area contributed by atoms with Gasteiger partial charge in [-0.2, -0.15) is 0 Å². The van der Waals surface area contributed by atoms with Crippen molar-refractivity contribution in [3.05, 3.63) is 65.2 Å². The lowest BCUT2D eigenvalue weighted by molar-refractivity contribution is 0.350. The van der Waals surface area contributed by atoms with E-state index in [0.717, 1.165) is 18.4 Å². The highest BCUT2D eigenvalue weighted by atomic mass is 32.2. The number of hydrogen-bond acceptors (Lipinski definition) is 3. The van der Waals surface area contributed by atoms with E-state index in [1.807, 2.05) is 0 Å². The predicted octanol–water partition coefficient (Wildman–Crippen LogP) is 3.29. The van der Waals surface area contributed by atoms with Gasteiger partial charge in [-0.3, -0.25) is 0 Å². The fourth-order valence-corrected chi connectivity index (χ4v) is 2.86. The molecule has 2 rings (SSSR count). The smallest absolute Gasteiger partial charge is 0.175 e. The maximum absolute atomic E-state index is 13.4. The summed E-state index contributed by atoms with van der Waals surface area (Å²) in [6.45, 7) is 1.37. The quantitative estimate of drug-likeness (QED) is 0.871. The summed E-state index contributed by atoms with van der Waals surface area (Å²) >= 11 is 0. The average Bonchev–Trinajstić information content (AvgIpc) is 2.50. The van der Waals surface area contributed by atoms with E-state index in [0.29, 0.717) is 22.3 Å². The van der Waals surface area contributed by atoms with Crippen LogP contribution in [0.1, 0.15) is 18.1 Å². The molecular formula is C17H16F2O3S. The molecule has 0 spiro atoms. The van der Waals surface area contributed by atoms with Crippen LogP contribution >= 0.6 is 0 Å². The minimum atomic E-state index is -3.30. The summed E-state index contributed by atoms with van der Waals surface area (Å²) in [6, 6.07) is 9.55. The van der Waals surface area contributed by atoms with Gasteiger partial charge in [-0.15, -0.1) is 0 Å². The largest absolute Gasteiger partial charge is 0.392 e. The molecule has 23 heavy (non-hydrogen) atoms. The molecule has 0 bridgehead atoms. The van der Waals surface area contributed by atoms with Crippen molar-refractivity contribution in [2.75, 3.05) is 12.9 Å². The summed E-state index contributed by atoms with van der Waals surface area (Å²) < 4.78 is 49.3. The second-order valence-electron chi connectivity index (χ2n) is 5.19. The molecule has 0 saturated heterocycles. The van der Waals surface area contributed by atoms with Crippen LogP contribution in [-0.2, 0) is 9.84 Å². The zero-order chi connectivity index (χ0) is 17.2. The first-order chi connectivity index (χ1) is 10.7. The Morgan fingerprint density at radius 2 is 1.57 bits per heavy atom. The molecule has 0 fully saturated rings. The zero-order valence-electron chi connectivity index (χ0n) is 12.7. The molecule has 122 valence electrons. The lowest BCUT2D eigenvalue weighted by atomic mass is 9.96. The maximum Gasteiger partial charge on any atom is 0.175 e. The van der Waals surface area contributed by atoms with Crippen LogP contribution in [0.15, 0.2) is 47.4 Å². The lowest BCUT2D eigenvalue weighted by Gasteiger charge is -2.12. The molecule has 0 heterocycles. The van der Waals surface area contributed by atoms with Gasteiger partial charge in [0, 0.05) is 6.26 Å². The number of sulfone groups is 1. The van der Waals surface area contributed by atoms with Gasteiger partial charge < -0.3 is 5.11 Å². The highest BCUT2D eigenvalue weighted by molar-refractivity contribution is 7.90. The number of rotatable bonds is 4. The van der Waals surface area contributed by atoms with Gasteiger partial charge in [0.05, 0.1) is 11.5 Å². The summed E-state index contributed by atoms with van der Waals surface area (Å²) in [5.41, 5.74) is 2.15. The molecule has 0 aliphatic carbocycles. The normalized spacial score (nSPS) is 12.9. The Kier molecular flexibility index (Phi) is 4.97. The van der Waals surface area contributed by atoms with Crippen molar-refractivity contribution in [1.29, 1.82) is 0 Å². The summed E-state index contributed by atoms with van der Waals surface area (Å²) in [5, 5.41) is 9.62. The van der Waals surface area contributed by atoms with Gasteiger partial charge in [-0.25, -0.2) is 17.2 Å². The summed E-state index contributed by atoms with van der Waals surface area (Å²) in [5.74, 6) is -1.91. The Morgan fingerprint density at radius 1 is 1.00 bits per heavy atom. The monoisotopic (exact) mass is 338 g/mol. The van der Waals surface area contributed by atoms with Crippen LogP contribution in [0, 0.1) is 11.6 Å². The third-order valence-electron chi connectivity index (χ3n) is 3.59. The molecule has 6 heteroatoms. The Labute approximate surface area is 133 Å². The number of hydrogen-bond donors (Lipinski definition) is 1. The van der Waals surface area contributed by atoms with Crippen molar-refractivity contribution < 1.29 is 22.3 Å². The van der Waals surface area contributed by atoms with Gasteiger partial charge in [-0.1, -0.05) is 18.2 Å². The zero-order valence-corrected chi connectivity index (χ0v) is 13.5. The van der Waals surface area contributed by atoms with Gasteiger partial charge in [0.1, 0.15) is 0 Å². The Bertz CT molecular complexity index is 854. The van der Waals surface area contributed by atoms with Crippen molar-refractivity contribution >= 4 is 21.0 Å². The van der Waals surface area contributed by atoms with E-state index >= 15 is 0 Å². The van der Waals surface area contributed by atoms with Crippen molar-refractivity contribution in [2.24, 2.45) is 0 Å². The summed E-state index contributed by atoms with van der Waals surface area (Å²) in [4.78, 5) is 0.170. The third-order valence-corrected chi connectivity index (χ3v) is 4.72. The highest BCUT2D eigenvalue weighted by Crippen LogP contribution is 2.27. The predicted molar refractivity (Wildman–Crippen MR) is 85.5 cm³/mol. The Hall–Kier alpha value is -2.05. The molecule has 3 nitrogen and oxygen atoms in total. The fraction of sp³-hybridized carbons (Fsp3) is 0.176. The summed E-state index contributed by atoms with van der Waals surface area (Å²) in [7, 11) is -3.30. The average molecular weight is 338 g/mol. The first-order valence-corrected chi connectivity index (χ1v) is 8.69. The van der Waals surface area contributed by atoms with E-state index < -0.39 is 21.5 Å². The Balaban J connectivity index is 2.50. The van der Waals surface area contributed by atoms with E-state index in [1.54, 1.807) is 19.1 Å². The molecule has 0 unspecified atom stereocenters. The number of aliphatic hydroxyl groups excluding tert-OH is 1. The molecule has 0 saturated carbocycles. The highest BCUT2D eigenvalue weighted by Gasteiger charge is 2.12. The number of halogens is 2. The van der Waals surface area contributed by atoms with Crippen molar-refractivity contribution in [1.82, 2.24) is 0 Å². The maximum atomic E-state index is 13.4. The van der Waals surface area contributed by atoms with Crippen molar-refractivity contribution in [3.8, 4) is 0 Å². The third kappa shape index (κ3) is 3.83. The standard InChI is InChI=1S/C17H16F2O3S/c1-11(13-5-8-16(18)17(19)9-13)15(10-20)12-3-6-14(7-4-12)23(2,21)22/h3-9,20H,10H2,1-2H3. The summed E-state index contributed by atoms with van der Waals surface area (Å²) in [6.07, 6.45) is 1.11. The number of benzene rings is 2. The van der Waals surface area contributed by atoms with Crippen LogP contribution < -0.4 is 0 Å². The first kappa shape index (κ1) is 17.3. The molecule has 0 amide bonds. The van der Waals surface area contributed by atoms with Gasteiger partial charge in [0.25, 0.3) is 0 Å². The van der Waals surface area contributed by atoms with Gasteiger partial charge in [0.15, 0.2) is 21.5 Å². The first-order valence-electron chi connectivity index (χ1n) is 6.80. The molecular weight excluding hydrogens is 322 g/mol. The van der Waals surface area contributed by atoms with Crippen molar-refractivity contribution in [2.45, 2.75) is 11.8 Å². The van der Waals surface area contributed by atoms with Crippen LogP contribution in [-0.4, -0.2) is 26.4 Å². The molecule has 2 aromatic rings. The Morgan fingerprint density at radius 3 is 2.04 bits per heavy atom. The molecule has 0 radical (unpaired) electrons. The lowest BCUT2D eigenvalue weighted by Crippen LogP contribution is -1.99. The fourth-order valence-electron chi connectivity index (χ4n) is 2.23. The van der Waals surface area contributed by atoms with Crippen LogP contribution in [0.4, 0.5) is 8.78 Å². The minimum absolute atomic E-state index is 0.170. The minimum Gasteiger partial charge on any atom is -0.392 e. The molecule has 2 aromatic carbocycles. The molecule has 0 aliphatic heterocycles. The van der Waals surface area contributed by atoms with E-state index in [-0.39, 0.29) is 11.5 Å². The SMILES string of the molecule is CC(=C(CO)c1ccc(S(C)(=O)=O)cc1)c1ccc(F)c(F)c1. The molecule has 0 aromatic heterocycles. The second-order valence-corrected chi connectivity index (χ2v) is 7.20. The van der Waals surface area contributed by atoms with E-state index in [1.165, 1.54) is 18.2 Å². The van der Waals surface area contributed by atoms with E-state index in [4.69, 9.17) is 0 Å². The van der Waals surface area contributed by atoms with Crippen LogP contribution in [0.2, 0.25) is 0 Å².